The van der Waals surface area contributed by atoms with Gasteiger partial charge in [0.15, 0.2) is 0 Å². The number of hydrogen-bond acceptors (Lipinski definition) is 5. The number of aromatic nitrogens is 1. The topological polar surface area (TPSA) is 83.7 Å². The largest absolute Gasteiger partial charge is 2.00 e. The molecule has 0 spiro atoms. The minimum Gasteiger partial charge on any atom is -0.872 e. The third kappa shape index (κ3) is 8.14. The van der Waals surface area contributed by atoms with Crippen molar-refractivity contribution in [3.63, 3.8) is 0 Å². The average Bonchev–Trinajstić information content (AvgIpc) is 2.84. The first-order valence-corrected chi connectivity index (χ1v) is 10.7. The molecule has 0 fully saturated rings. The molecule has 0 aliphatic heterocycles. The molecule has 8 heteroatoms. The van der Waals surface area contributed by atoms with Crippen LogP contribution in [0.1, 0.15) is 16.7 Å². The molecule has 0 saturated heterocycles. The molecule has 0 radical (unpaired) electrons. The van der Waals surface area contributed by atoms with Crippen LogP contribution in [0.2, 0.25) is 5.02 Å². The summed E-state index contributed by atoms with van der Waals surface area (Å²) in [5.74, 6) is -0.720. The van der Waals surface area contributed by atoms with Crippen LogP contribution in [0.15, 0.2) is 118 Å². The van der Waals surface area contributed by atoms with Gasteiger partial charge < -0.3 is 10.2 Å². The fourth-order valence-electron chi connectivity index (χ4n) is 2.61. The molecule has 33 heavy (non-hydrogen) atoms. The van der Waals surface area contributed by atoms with Gasteiger partial charge in [-0.05, 0) is 47.5 Å². The molecule has 0 amide bonds. The van der Waals surface area contributed by atoms with Crippen LogP contribution in [0.3, 0.4) is 0 Å². The van der Waals surface area contributed by atoms with Crippen molar-refractivity contribution in [1.82, 2.24) is 4.98 Å². The fraction of sp³-hybridized carbons (Fsp3) is 0. The van der Waals surface area contributed by atoms with Gasteiger partial charge in [0.05, 0.1) is 5.71 Å². The van der Waals surface area contributed by atoms with Crippen LogP contribution in [0.4, 0.5) is 0 Å². The molecule has 0 aliphatic rings. The zero-order valence-electron chi connectivity index (χ0n) is 17.0. The quantitative estimate of drug-likeness (QED) is 0.154. The molecule has 0 bridgehead atoms. The van der Waals surface area contributed by atoms with Crippen LogP contribution in [0.5, 0.6) is 5.75 Å². The van der Waals surface area contributed by atoms with E-state index in [2.05, 4.69) is 31.1 Å². The zero-order valence-corrected chi connectivity index (χ0v) is 20.4. The van der Waals surface area contributed by atoms with E-state index in [0.29, 0.717) is 27.4 Å². The summed E-state index contributed by atoms with van der Waals surface area (Å²) < 4.78 is 0.736. The maximum Gasteiger partial charge on any atom is 2.00 e. The van der Waals surface area contributed by atoms with Crippen LogP contribution < -0.4 is 10.2 Å². The second kappa shape index (κ2) is 13.5. The van der Waals surface area contributed by atoms with Crippen molar-refractivity contribution in [3.05, 3.63) is 130 Å². The predicted molar refractivity (Wildman–Crippen MR) is 128 cm³/mol. The third-order valence-electron chi connectivity index (χ3n) is 4.14. The second-order valence-corrected chi connectivity index (χ2v) is 7.74. The predicted octanol–water partition coefficient (Wildman–Crippen LogP) is 4.81. The summed E-state index contributed by atoms with van der Waals surface area (Å²) in [6.07, 6.45) is 3.50. The summed E-state index contributed by atoms with van der Waals surface area (Å²) in [7, 11) is 0. The van der Waals surface area contributed by atoms with Crippen molar-refractivity contribution < 1.29 is 26.7 Å². The number of hydrogen-bond donors (Lipinski definition) is 0. The van der Waals surface area contributed by atoms with Crippen molar-refractivity contribution in [2.45, 2.75) is 0 Å². The van der Waals surface area contributed by atoms with Crippen LogP contribution in [-0.2, 0) is 16.5 Å². The standard InChI is InChI=1S/C20H14BrClN2O2.C5H5N.Ni/c21-15-8-11-18(25)17(12-15)19(13-4-2-1-3-5-13)23-24-20(26)14-6-9-16(22)10-7-14;1-2-4-6-5-3-1;/h1-12,25H,(H,24,26);1-5H;/q;;+2/p-2/b23-19+;;. The van der Waals surface area contributed by atoms with Gasteiger partial charge in [-0.1, -0.05) is 87.9 Å². The molecular weight excluding hydrogens is 548 g/mol. The Hall–Kier alpha value is -2.99. The van der Waals surface area contributed by atoms with E-state index < -0.39 is 5.90 Å². The van der Waals surface area contributed by atoms with Crippen LogP contribution >= 0.6 is 27.5 Å². The molecule has 0 N–H and O–H groups in total. The van der Waals surface area contributed by atoms with E-state index in [-0.39, 0.29) is 22.2 Å². The van der Waals surface area contributed by atoms with E-state index in [1.54, 1.807) is 48.8 Å². The van der Waals surface area contributed by atoms with Crippen molar-refractivity contribution in [2.75, 3.05) is 0 Å². The van der Waals surface area contributed by atoms with Crippen LogP contribution in [0, 0.1) is 0 Å². The molecular formula is C25H17BrClN3NiO2. The molecule has 4 rings (SSSR count). The number of nitrogens with zero attached hydrogens (tertiary/aromatic N) is 3. The van der Waals surface area contributed by atoms with Crippen LogP contribution in [0.25, 0.3) is 0 Å². The van der Waals surface area contributed by atoms with Crippen molar-refractivity contribution in [2.24, 2.45) is 10.2 Å². The summed E-state index contributed by atoms with van der Waals surface area (Å²) in [6, 6.07) is 26.0. The Bertz CT molecular complexity index is 1180. The smallest absolute Gasteiger partial charge is 0.872 e. The number of rotatable bonds is 4. The Morgan fingerprint density at radius 3 is 2.00 bits per heavy atom. The summed E-state index contributed by atoms with van der Waals surface area (Å²) in [6.45, 7) is 0. The van der Waals surface area contributed by atoms with Gasteiger partial charge in [0, 0.05) is 33.4 Å². The average molecular weight is 565 g/mol. The molecule has 3 aromatic carbocycles. The number of benzene rings is 3. The van der Waals surface area contributed by atoms with Gasteiger partial charge in [0.25, 0.3) is 0 Å². The molecule has 0 aliphatic carbocycles. The fourth-order valence-corrected chi connectivity index (χ4v) is 3.10. The van der Waals surface area contributed by atoms with E-state index in [4.69, 9.17) is 11.6 Å². The molecule has 168 valence electrons. The second-order valence-electron chi connectivity index (χ2n) is 6.39. The van der Waals surface area contributed by atoms with Crippen molar-refractivity contribution >= 4 is 39.1 Å². The Balaban J connectivity index is 0.000000479. The SMILES string of the molecule is [Ni+2].[O-]/C(=N\N=C(/c1ccccc1)c1cc(Br)ccc1[O-])c1ccc(Cl)cc1.c1ccncc1. The van der Waals surface area contributed by atoms with Gasteiger partial charge in [0.1, 0.15) is 0 Å². The summed E-state index contributed by atoms with van der Waals surface area (Å²) in [4.78, 5) is 3.78. The van der Waals surface area contributed by atoms with Crippen LogP contribution in [-0.4, -0.2) is 16.6 Å². The van der Waals surface area contributed by atoms with E-state index in [0.717, 1.165) is 4.47 Å². The van der Waals surface area contributed by atoms with Gasteiger partial charge >= 0.3 is 16.5 Å². The number of halogens is 2. The zero-order chi connectivity index (χ0) is 22.8. The summed E-state index contributed by atoms with van der Waals surface area (Å²) >= 11 is 9.18. The third-order valence-corrected chi connectivity index (χ3v) is 4.89. The monoisotopic (exact) mass is 563 g/mol. The molecule has 4 aromatic rings. The number of pyridine rings is 1. The minimum absolute atomic E-state index is 0. The Kier molecular flexibility index (Phi) is 10.8. The van der Waals surface area contributed by atoms with E-state index in [1.165, 1.54) is 6.07 Å². The maximum absolute atomic E-state index is 12.3. The Morgan fingerprint density at radius 2 is 1.42 bits per heavy atom. The molecule has 0 atom stereocenters. The Labute approximate surface area is 215 Å². The van der Waals surface area contributed by atoms with Gasteiger partial charge in [-0.15, -0.1) is 0 Å². The van der Waals surface area contributed by atoms with E-state index in [9.17, 15) is 10.2 Å². The molecule has 1 aromatic heterocycles. The molecule has 1 heterocycles. The first-order valence-electron chi connectivity index (χ1n) is 9.50. The van der Waals surface area contributed by atoms with Gasteiger partial charge in [0.2, 0.25) is 0 Å². The normalized spacial score (nSPS) is 11.1. The summed E-state index contributed by atoms with van der Waals surface area (Å²) in [5.41, 5.74) is 1.75. The van der Waals surface area contributed by atoms with E-state index >= 15 is 0 Å². The molecule has 0 unspecified atom stereocenters. The summed E-state index contributed by atoms with van der Waals surface area (Å²) in [5, 5.41) is 33.0. The van der Waals surface area contributed by atoms with Gasteiger partial charge in [-0.25, -0.2) is 0 Å². The first kappa shape index (κ1) is 26.3. The van der Waals surface area contributed by atoms with Gasteiger partial charge in [-0.3, -0.25) is 4.98 Å². The first-order chi connectivity index (χ1) is 15.5. The minimum atomic E-state index is -0.516. The van der Waals surface area contributed by atoms with Crippen molar-refractivity contribution in [1.29, 1.82) is 0 Å². The van der Waals surface area contributed by atoms with Gasteiger partial charge in [-0.2, -0.15) is 10.2 Å². The molecule has 0 saturated carbocycles. The maximum atomic E-state index is 12.3. The molecule has 5 nitrogen and oxygen atoms in total. The van der Waals surface area contributed by atoms with E-state index in [1.807, 2.05) is 48.5 Å². The Morgan fingerprint density at radius 1 is 0.788 bits per heavy atom. The van der Waals surface area contributed by atoms with Crippen molar-refractivity contribution in [3.8, 4) is 5.75 Å².